The maximum atomic E-state index is 5.99. The molecule has 0 spiro atoms. The molecule has 1 aromatic rings. The van der Waals surface area contributed by atoms with E-state index in [1.807, 2.05) is 0 Å². The van der Waals surface area contributed by atoms with Crippen LogP contribution in [0.15, 0.2) is 12.1 Å². The Hall–Kier alpha value is -0.600. The second kappa shape index (κ2) is 3.64. The van der Waals surface area contributed by atoms with Gasteiger partial charge in [-0.2, -0.15) is 0 Å². The van der Waals surface area contributed by atoms with Gasteiger partial charge in [-0.1, -0.05) is 23.2 Å². The molecule has 13 heavy (non-hydrogen) atoms. The monoisotopic (exact) mass is 217 g/mol. The molecule has 1 heterocycles. The summed E-state index contributed by atoms with van der Waals surface area (Å²) in [6.45, 7) is 1.55. The molecular formula is C9H9Cl2NO. The minimum atomic E-state index is 0.605. The fourth-order valence-corrected chi connectivity index (χ4v) is 1.73. The van der Waals surface area contributed by atoms with Crippen molar-refractivity contribution in [3.8, 4) is 5.75 Å². The number of halogens is 2. The van der Waals surface area contributed by atoms with Crippen LogP contribution in [0.4, 0.5) is 5.69 Å². The molecule has 0 atom stereocenters. The minimum absolute atomic E-state index is 0.605. The van der Waals surface area contributed by atoms with Crippen LogP contribution in [0, 0.1) is 0 Å². The molecule has 1 aliphatic heterocycles. The normalized spacial score (nSPS) is 15.2. The first-order valence-corrected chi connectivity index (χ1v) is 4.89. The van der Waals surface area contributed by atoms with Crippen LogP contribution in [0.2, 0.25) is 10.0 Å². The van der Waals surface area contributed by atoms with Crippen LogP contribution >= 0.6 is 23.2 Å². The van der Waals surface area contributed by atoms with Crippen molar-refractivity contribution >= 4 is 28.9 Å². The standard InChI is InChI=1S/C9H9Cl2NO/c10-6-2-3-7(11)9-8(6)12-4-1-5-13-9/h2-3,12H,1,4-5H2. The molecule has 0 saturated carbocycles. The van der Waals surface area contributed by atoms with Crippen molar-refractivity contribution in [1.82, 2.24) is 0 Å². The van der Waals surface area contributed by atoms with Gasteiger partial charge in [0.05, 0.1) is 22.3 Å². The lowest BCUT2D eigenvalue weighted by Crippen LogP contribution is -2.00. The highest BCUT2D eigenvalue weighted by molar-refractivity contribution is 6.36. The van der Waals surface area contributed by atoms with Gasteiger partial charge in [-0.3, -0.25) is 0 Å². The van der Waals surface area contributed by atoms with Gasteiger partial charge in [0, 0.05) is 6.54 Å². The van der Waals surface area contributed by atoms with Gasteiger partial charge in [0.1, 0.15) is 0 Å². The van der Waals surface area contributed by atoms with Crippen LogP contribution < -0.4 is 10.1 Å². The fraction of sp³-hybridized carbons (Fsp3) is 0.333. The molecule has 70 valence electrons. The number of nitrogens with one attached hydrogen (secondary N) is 1. The van der Waals surface area contributed by atoms with Gasteiger partial charge in [-0.25, -0.2) is 0 Å². The van der Waals surface area contributed by atoms with Crippen molar-refractivity contribution in [3.63, 3.8) is 0 Å². The summed E-state index contributed by atoms with van der Waals surface area (Å²) in [5.41, 5.74) is 0.812. The van der Waals surface area contributed by atoms with E-state index >= 15 is 0 Å². The molecule has 0 unspecified atom stereocenters. The predicted molar refractivity (Wildman–Crippen MR) is 55.1 cm³/mol. The van der Waals surface area contributed by atoms with Crippen molar-refractivity contribution in [1.29, 1.82) is 0 Å². The first-order chi connectivity index (χ1) is 6.29. The van der Waals surface area contributed by atoms with E-state index in [2.05, 4.69) is 5.32 Å². The number of benzene rings is 1. The number of anilines is 1. The summed E-state index contributed by atoms with van der Waals surface area (Å²) in [4.78, 5) is 0. The predicted octanol–water partition coefficient (Wildman–Crippen LogP) is 3.19. The van der Waals surface area contributed by atoms with Gasteiger partial charge in [0.25, 0.3) is 0 Å². The van der Waals surface area contributed by atoms with Crippen LogP contribution in [-0.4, -0.2) is 13.2 Å². The molecule has 0 amide bonds. The van der Waals surface area contributed by atoms with E-state index in [1.165, 1.54) is 0 Å². The van der Waals surface area contributed by atoms with Crippen molar-refractivity contribution in [2.45, 2.75) is 6.42 Å². The summed E-state index contributed by atoms with van der Waals surface area (Å²) in [5.74, 6) is 0.673. The van der Waals surface area contributed by atoms with E-state index in [1.54, 1.807) is 12.1 Å². The Morgan fingerprint density at radius 2 is 2.00 bits per heavy atom. The third kappa shape index (κ3) is 1.69. The van der Waals surface area contributed by atoms with E-state index < -0.39 is 0 Å². The molecule has 0 saturated heterocycles. The summed E-state index contributed by atoms with van der Waals surface area (Å²) < 4.78 is 5.48. The summed E-state index contributed by atoms with van der Waals surface area (Å²) in [6, 6.07) is 3.51. The van der Waals surface area contributed by atoms with Crippen molar-refractivity contribution < 1.29 is 4.74 Å². The third-order valence-corrected chi connectivity index (χ3v) is 2.54. The van der Waals surface area contributed by atoms with Gasteiger partial charge in [0.2, 0.25) is 0 Å². The van der Waals surface area contributed by atoms with E-state index in [-0.39, 0.29) is 0 Å². The lowest BCUT2D eigenvalue weighted by molar-refractivity contribution is 0.323. The molecule has 0 radical (unpaired) electrons. The molecule has 1 aromatic carbocycles. The van der Waals surface area contributed by atoms with Gasteiger partial charge in [0.15, 0.2) is 5.75 Å². The maximum absolute atomic E-state index is 5.99. The maximum Gasteiger partial charge on any atom is 0.162 e. The van der Waals surface area contributed by atoms with Gasteiger partial charge in [-0.15, -0.1) is 0 Å². The largest absolute Gasteiger partial charge is 0.490 e. The summed E-state index contributed by atoms with van der Waals surface area (Å²) in [6.07, 6.45) is 0.960. The molecule has 0 aliphatic carbocycles. The van der Waals surface area contributed by atoms with Crippen LogP contribution in [-0.2, 0) is 0 Å². The Morgan fingerprint density at radius 3 is 2.85 bits per heavy atom. The average molecular weight is 218 g/mol. The number of hydrogen-bond acceptors (Lipinski definition) is 2. The fourth-order valence-electron chi connectivity index (χ4n) is 1.30. The molecular weight excluding hydrogens is 209 g/mol. The van der Waals surface area contributed by atoms with Crippen LogP contribution in [0.1, 0.15) is 6.42 Å². The smallest absolute Gasteiger partial charge is 0.162 e. The second-order valence-corrected chi connectivity index (χ2v) is 3.68. The Balaban J connectivity index is 2.50. The molecule has 1 N–H and O–H groups in total. The molecule has 0 bridgehead atoms. The van der Waals surface area contributed by atoms with Crippen molar-refractivity contribution in [3.05, 3.63) is 22.2 Å². The number of rotatable bonds is 0. The van der Waals surface area contributed by atoms with Gasteiger partial charge >= 0.3 is 0 Å². The lowest BCUT2D eigenvalue weighted by Gasteiger charge is -2.10. The SMILES string of the molecule is Clc1ccc(Cl)c2c1NCCCO2. The molecule has 0 fully saturated rings. The summed E-state index contributed by atoms with van der Waals surface area (Å²) >= 11 is 11.9. The summed E-state index contributed by atoms with van der Waals surface area (Å²) in [7, 11) is 0. The number of ether oxygens (including phenoxy) is 1. The molecule has 0 aromatic heterocycles. The summed E-state index contributed by atoms with van der Waals surface area (Å²) in [5, 5.41) is 4.45. The van der Waals surface area contributed by atoms with Crippen LogP contribution in [0.25, 0.3) is 0 Å². The van der Waals surface area contributed by atoms with Gasteiger partial charge < -0.3 is 10.1 Å². The van der Waals surface area contributed by atoms with Crippen LogP contribution in [0.5, 0.6) is 5.75 Å². The first-order valence-electron chi connectivity index (χ1n) is 4.14. The number of hydrogen-bond donors (Lipinski definition) is 1. The topological polar surface area (TPSA) is 21.3 Å². The first kappa shape index (κ1) is 8.97. The lowest BCUT2D eigenvalue weighted by atomic mass is 10.3. The highest BCUT2D eigenvalue weighted by Crippen LogP contribution is 2.39. The molecule has 2 nitrogen and oxygen atoms in total. The highest BCUT2D eigenvalue weighted by atomic mass is 35.5. The molecule has 1 aliphatic rings. The van der Waals surface area contributed by atoms with Crippen molar-refractivity contribution in [2.24, 2.45) is 0 Å². The highest BCUT2D eigenvalue weighted by Gasteiger charge is 2.14. The quantitative estimate of drug-likeness (QED) is 0.721. The second-order valence-electron chi connectivity index (χ2n) is 2.86. The zero-order valence-electron chi connectivity index (χ0n) is 6.94. The zero-order chi connectivity index (χ0) is 9.26. The average Bonchev–Trinajstić information content (AvgIpc) is 2.37. The van der Waals surface area contributed by atoms with E-state index in [9.17, 15) is 0 Å². The Morgan fingerprint density at radius 1 is 1.23 bits per heavy atom. The van der Waals surface area contributed by atoms with Crippen LogP contribution in [0.3, 0.4) is 0 Å². The Bertz CT molecular complexity index is 297. The minimum Gasteiger partial charge on any atom is -0.490 e. The number of fused-ring (bicyclic) bond motifs is 1. The van der Waals surface area contributed by atoms with E-state index in [0.717, 1.165) is 18.7 Å². The Kier molecular flexibility index (Phi) is 2.51. The van der Waals surface area contributed by atoms with E-state index in [0.29, 0.717) is 22.4 Å². The third-order valence-electron chi connectivity index (χ3n) is 1.93. The zero-order valence-corrected chi connectivity index (χ0v) is 8.45. The van der Waals surface area contributed by atoms with Gasteiger partial charge in [-0.05, 0) is 18.6 Å². The Labute approximate surface area is 86.8 Å². The van der Waals surface area contributed by atoms with E-state index in [4.69, 9.17) is 27.9 Å². The van der Waals surface area contributed by atoms with Crippen molar-refractivity contribution in [2.75, 3.05) is 18.5 Å². The molecule has 2 rings (SSSR count). The molecule has 4 heteroatoms.